The number of para-hydroxylation sites is 1. The van der Waals surface area contributed by atoms with Crippen LogP contribution in [0, 0.1) is 5.82 Å². The van der Waals surface area contributed by atoms with E-state index < -0.39 is 17.6 Å². The van der Waals surface area contributed by atoms with Gasteiger partial charge in [0.25, 0.3) is 0 Å². The Labute approximate surface area is 190 Å². The van der Waals surface area contributed by atoms with Gasteiger partial charge in [-0.3, -0.25) is 0 Å². The van der Waals surface area contributed by atoms with Gasteiger partial charge in [0.1, 0.15) is 11.6 Å². The predicted molar refractivity (Wildman–Crippen MR) is 122 cm³/mol. The molecule has 1 fully saturated rings. The number of anilines is 2. The molecule has 1 aromatic heterocycles. The Balaban J connectivity index is 1.34. The standard InChI is InChI=1S/C24H27F4N5/c1-33(2)22-20-5-3-4-6-21(20)31-23(32-22)30-19-9-7-18(8-10-19)29-14-15-11-16(24(26,27)28)13-17(25)12-15/h3-6,11-13,18-19,29H,7-10,14H2,1-2H3,(H,30,31,32)/t18-,19+. The summed E-state index contributed by atoms with van der Waals surface area (Å²) in [5.41, 5.74) is 0.213. The fourth-order valence-electron chi connectivity index (χ4n) is 4.27. The number of halogens is 4. The molecule has 0 bridgehead atoms. The van der Waals surface area contributed by atoms with Crippen LogP contribution in [-0.4, -0.2) is 36.1 Å². The zero-order valence-electron chi connectivity index (χ0n) is 18.6. The van der Waals surface area contributed by atoms with Gasteiger partial charge in [-0.25, -0.2) is 9.37 Å². The fraction of sp³-hybridized carbons (Fsp3) is 0.417. The SMILES string of the molecule is CN(C)c1nc(N[C@H]2CC[C@@H](NCc3cc(F)cc(C(F)(F)F)c3)CC2)nc2ccccc12. The summed E-state index contributed by atoms with van der Waals surface area (Å²) >= 11 is 0. The molecule has 2 N–H and O–H groups in total. The van der Waals surface area contributed by atoms with E-state index in [1.807, 2.05) is 43.3 Å². The number of rotatable bonds is 6. The summed E-state index contributed by atoms with van der Waals surface area (Å²) in [5.74, 6) is 0.571. The van der Waals surface area contributed by atoms with E-state index in [0.717, 1.165) is 54.5 Å². The Morgan fingerprint density at radius 2 is 1.67 bits per heavy atom. The Bertz CT molecular complexity index is 1110. The quantitative estimate of drug-likeness (QED) is 0.484. The normalized spacial score (nSPS) is 19.0. The van der Waals surface area contributed by atoms with E-state index >= 15 is 0 Å². The highest BCUT2D eigenvalue weighted by molar-refractivity contribution is 5.90. The minimum atomic E-state index is -4.56. The lowest BCUT2D eigenvalue weighted by Gasteiger charge is -2.30. The second kappa shape index (κ2) is 9.51. The number of fused-ring (bicyclic) bond motifs is 1. The summed E-state index contributed by atoms with van der Waals surface area (Å²) in [7, 11) is 3.90. The summed E-state index contributed by atoms with van der Waals surface area (Å²) < 4.78 is 52.3. The molecule has 1 saturated carbocycles. The minimum Gasteiger partial charge on any atom is -0.362 e. The van der Waals surface area contributed by atoms with E-state index in [1.165, 1.54) is 0 Å². The molecule has 5 nitrogen and oxygen atoms in total. The third-order valence-corrected chi connectivity index (χ3v) is 5.95. The molecule has 0 amide bonds. The smallest absolute Gasteiger partial charge is 0.362 e. The van der Waals surface area contributed by atoms with Gasteiger partial charge in [0.05, 0.1) is 11.1 Å². The van der Waals surface area contributed by atoms with Gasteiger partial charge in [0.15, 0.2) is 0 Å². The molecule has 3 aromatic rings. The summed E-state index contributed by atoms with van der Waals surface area (Å²) in [6.45, 7) is 0.198. The summed E-state index contributed by atoms with van der Waals surface area (Å²) in [6.07, 6.45) is -1.09. The zero-order chi connectivity index (χ0) is 23.6. The van der Waals surface area contributed by atoms with Crippen LogP contribution in [-0.2, 0) is 12.7 Å². The largest absolute Gasteiger partial charge is 0.416 e. The molecule has 1 heterocycles. The Morgan fingerprint density at radius 3 is 2.36 bits per heavy atom. The van der Waals surface area contributed by atoms with Crippen molar-refractivity contribution in [3.05, 3.63) is 59.4 Å². The first-order valence-corrected chi connectivity index (χ1v) is 11.0. The molecule has 1 aliphatic rings. The summed E-state index contributed by atoms with van der Waals surface area (Å²) in [5, 5.41) is 7.71. The number of nitrogens with one attached hydrogen (secondary N) is 2. The van der Waals surface area contributed by atoms with E-state index in [9.17, 15) is 17.6 Å². The highest BCUT2D eigenvalue weighted by Gasteiger charge is 2.31. The van der Waals surface area contributed by atoms with Crippen LogP contribution in [0.25, 0.3) is 10.9 Å². The van der Waals surface area contributed by atoms with Gasteiger partial charge in [-0.1, -0.05) is 12.1 Å². The van der Waals surface area contributed by atoms with Gasteiger partial charge in [0.2, 0.25) is 5.95 Å². The van der Waals surface area contributed by atoms with Gasteiger partial charge in [-0.05, 0) is 61.6 Å². The van der Waals surface area contributed by atoms with Crippen molar-refractivity contribution in [3.8, 4) is 0 Å². The maximum Gasteiger partial charge on any atom is 0.416 e. The molecule has 176 valence electrons. The number of nitrogens with zero attached hydrogens (tertiary/aromatic N) is 3. The zero-order valence-corrected chi connectivity index (χ0v) is 18.6. The number of alkyl halides is 3. The molecule has 33 heavy (non-hydrogen) atoms. The van der Waals surface area contributed by atoms with Crippen LogP contribution in [0.1, 0.15) is 36.8 Å². The molecule has 9 heteroatoms. The Kier molecular flexibility index (Phi) is 6.69. The predicted octanol–water partition coefficient (Wildman–Crippen LogP) is 5.37. The molecule has 1 aliphatic carbocycles. The number of aromatic nitrogens is 2. The van der Waals surface area contributed by atoms with Gasteiger partial charge >= 0.3 is 6.18 Å². The minimum absolute atomic E-state index is 0.163. The third-order valence-electron chi connectivity index (χ3n) is 5.95. The molecule has 0 spiro atoms. The summed E-state index contributed by atoms with van der Waals surface area (Å²) in [4.78, 5) is 11.3. The van der Waals surface area contributed by atoms with Crippen LogP contribution in [0.15, 0.2) is 42.5 Å². The van der Waals surface area contributed by atoms with Crippen LogP contribution < -0.4 is 15.5 Å². The van der Waals surface area contributed by atoms with E-state index in [-0.39, 0.29) is 18.6 Å². The maximum absolute atomic E-state index is 13.6. The van der Waals surface area contributed by atoms with Gasteiger partial charge in [-0.15, -0.1) is 0 Å². The second-order valence-electron chi connectivity index (χ2n) is 8.70. The number of benzene rings is 2. The molecule has 2 aromatic carbocycles. The van der Waals surface area contributed by atoms with Crippen molar-refractivity contribution in [2.45, 2.75) is 50.5 Å². The first-order valence-electron chi connectivity index (χ1n) is 11.0. The van der Waals surface area contributed by atoms with Crippen molar-refractivity contribution in [3.63, 3.8) is 0 Å². The Morgan fingerprint density at radius 1 is 0.970 bits per heavy atom. The average Bonchev–Trinajstić information content (AvgIpc) is 2.77. The second-order valence-corrected chi connectivity index (χ2v) is 8.70. The van der Waals surface area contributed by atoms with Gasteiger partial charge in [0, 0.05) is 38.1 Å². The van der Waals surface area contributed by atoms with Crippen molar-refractivity contribution in [2.24, 2.45) is 0 Å². The number of hydrogen-bond donors (Lipinski definition) is 2. The monoisotopic (exact) mass is 461 g/mol. The Hall–Kier alpha value is -2.94. The highest BCUT2D eigenvalue weighted by Crippen LogP contribution is 2.31. The lowest BCUT2D eigenvalue weighted by Crippen LogP contribution is -2.37. The van der Waals surface area contributed by atoms with Crippen LogP contribution in [0.2, 0.25) is 0 Å². The molecule has 0 aliphatic heterocycles. The lowest BCUT2D eigenvalue weighted by atomic mass is 9.91. The van der Waals surface area contributed by atoms with Gasteiger partial charge < -0.3 is 15.5 Å². The maximum atomic E-state index is 13.6. The molecule has 0 atom stereocenters. The molecule has 0 radical (unpaired) electrons. The van der Waals surface area contributed by atoms with Crippen molar-refractivity contribution < 1.29 is 17.6 Å². The van der Waals surface area contributed by atoms with Crippen molar-refractivity contribution in [2.75, 3.05) is 24.3 Å². The van der Waals surface area contributed by atoms with E-state index in [0.29, 0.717) is 17.6 Å². The molecular formula is C24H27F4N5. The van der Waals surface area contributed by atoms with Crippen LogP contribution in [0.3, 0.4) is 0 Å². The third kappa shape index (κ3) is 5.71. The molecule has 4 rings (SSSR count). The number of hydrogen-bond acceptors (Lipinski definition) is 5. The van der Waals surface area contributed by atoms with Crippen molar-refractivity contribution >= 4 is 22.7 Å². The van der Waals surface area contributed by atoms with Crippen LogP contribution in [0.4, 0.5) is 29.3 Å². The molecule has 0 unspecified atom stereocenters. The van der Waals surface area contributed by atoms with Crippen molar-refractivity contribution in [1.29, 1.82) is 0 Å². The first-order chi connectivity index (χ1) is 15.7. The average molecular weight is 462 g/mol. The van der Waals surface area contributed by atoms with E-state index in [1.54, 1.807) is 0 Å². The topological polar surface area (TPSA) is 53.1 Å². The van der Waals surface area contributed by atoms with E-state index in [2.05, 4.69) is 20.6 Å². The highest BCUT2D eigenvalue weighted by atomic mass is 19.4. The molecule has 0 saturated heterocycles. The van der Waals surface area contributed by atoms with Crippen LogP contribution >= 0.6 is 0 Å². The van der Waals surface area contributed by atoms with Crippen LogP contribution in [0.5, 0.6) is 0 Å². The summed E-state index contributed by atoms with van der Waals surface area (Å²) in [6, 6.07) is 10.9. The lowest BCUT2D eigenvalue weighted by molar-refractivity contribution is -0.137. The fourth-order valence-corrected chi connectivity index (χ4v) is 4.27. The van der Waals surface area contributed by atoms with Gasteiger partial charge in [-0.2, -0.15) is 18.2 Å². The van der Waals surface area contributed by atoms with Crippen molar-refractivity contribution in [1.82, 2.24) is 15.3 Å². The first kappa shape index (κ1) is 23.2. The molecular weight excluding hydrogens is 434 g/mol. The van der Waals surface area contributed by atoms with E-state index in [4.69, 9.17) is 0 Å².